The normalized spacial score (nSPS) is 27.6. The summed E-state index contributed by atoms with van der Waals surface area (Å²) in [7, 11) is 1.78. The third kappa shape index (κ3) is 2.61. The predicted octanol–water partition coefficient (Wildman–Crippen LogP) is 1.45. The summed E-state index contributed by atoms with van der Waals surface area (Å²) in [6, 6.07) is 10.6. The number of piperidine rings is 1. The van der Waals surface area contributed by atoms with Crippen molar-refractivity contribution in [3.63, 3.8) is 0 Å². The number of benzene rings is 1. The Morgan fingerprint density at radius 2 is 2.12 bits per heavy atom. The Labute approximate surface area is 97.0 Å². The first-order valence-corrected chi connectivity index (χ1v) is 5.88. The summed E-state index contributed by atoms with van der Waals surface area (Å²) in [5.74, 6) is 0. The molecule has 1 aliphatic heterocycles. The van der Waals surface area contributed by atoms with Gasteiger partial charge in [0.2, 0.25) is 0 Å². The molecular formula is C13H20N2O. The maximum atomic E-state index is 6.27. The number of methoxy groups -OCH3 is 1. The van der Waals surface area contributed by atoms with Crippen molar-refractivity contribution < 1.29 is 4.74 Å². The average Bonchev–Trinajstić information content (AvgIpc) is 2.39. The molecule has 3 unspecified atom stereocenters. The van der Waals surface area contributed by atoms with Gasteiger partial charge in [-0.3, -0.25) is 0 Å². The second kappa shape index (κ2) is 5.43. The van der Waals surface area contributed by atoms with Gasteiger partial charge in [0.05, 0.1) is 6.10 Å². The lowest BCUT2D eigenvalue weighted by Crippen LogP contribution is -2.46. The molecule has 0 aromatic heterocycles. The summed E-state index contributed by atoms with van der Waals surface area (Å²) in [6.45, 7) is 0.990. The number of hydrogen-bond acceptors (Lipinski definition) is 3. The van der Waals surface area contributed by atoms with Crippen molar-refractivity contribution in [1.29, 1.82) is 0 Å². The van der Waals surface area contributed by atoms with E-state index in [-0.39, 0.29) is 6.04 Å². The minimum Gasteiger partial charge on any atom is -0.381 e. The van der Waals surface area contributed by atoms with Crippen LogP contribution in [-0.2, 0) is 4.74 Å². The van der Waals surface area contributed by atoms with Crippen LogP contribution in [0.1, 0.15) is 24.4 Å². The molecule has 1 aromatic rings. The SMILES string of the molecule is COC1CCNC(C(N)c2ccccc2)C1. The molecule has 3 heteroatoms. The standard InChI is InChI=1S/C13H20N2O/c1-16-11-7-8-15-12(9-11)13(14)10-5-3-2-4-6-10/h2-6,11-13,15H,7-9,14H2,1H3. The monoisotopic (exact) mass is 220 g/mol. The lowest BCUT2D eigenvalue weighted by Gasteiger charge is -2.33. The quantitative estimate of drug-likeness (QED) is 0.810. The molecule has 0 aliphatic carbocycles. The maximum absolute atomic E-state index is 6.27. The second-order valence-electron chi connectivity index (χ2n) is 4.38. The molecule has 1 saturated heterocycles. The lowest BCUT2D eigenvalue weighted by atomic mass is 9.92. The largest absolute Gasteiger partial charge is 0.381 e. The molecule has 0 bridgehead atoms. The Balaban J connectivity index is 2.01. The number of nitrogens with two attached hydrogens (primary N) is 1. The Morgan fingerprint density at radius 1 is 1.38 bits per heavy atom. The van der Waals surface area contributed by atoms with E-state index in [2.05, 4.69) is 17.4 Å². The summed E-state index contributed by atoms with van der Waals surface area (Å²) < 4.78 is 5.41. The van der Waals surface area contributed by atoms with E-state index < -0.39 is 0 Å². The Bertz CT molecular complexity index is 315. The van der Waals surface area contributed by atoms with E-state index in [1.54, 1.807) is 7.11 Å². The minimum absolute atomic E-state index is 0.0548. The highest BCUT2D eigenvalue weighted by molar-refractivity contribution is 5.20. The molecule has 1 heterocycles. The summed E-state index contributed by atoms with van der Waals surface area (Å²) in [5, 5.41) is 3.48. The molecule has 3 N–H and O–H groups in total. The zero-order valence-electron chi connectivity index (χ0n) is 9.73. The molecule has 0 spiro atoms. The number of nitrogens with one attached hydrogen (secondary N) is 1. The fraction of sp³-hybridized carbons (Fsp3) is 0.538. The Morgan fingerprint density at radius 3 is 2.81 bits per heavy atom. The highest BCUT2D eigenvalue weighted by Gasteiger charge is 2.26. The van der Waals surface area contributed by atoms with E-state index in [9.17, 15) is 0 Å². The predicted molar refractivity (Wildman–Crippen MR) is 65.2 cm³/mol. The van der Waals surface area contributed by atoms with Crippen LogP contribution < -0.4 is 11.1 Å². The molecule has 3 nitrogen and oxygen atoms in total. The third-order valence-corrected chi connectivity index (χ3v) is 3.34. The van der Waals surface area contributed by atoms with Gasteiger partial charge in [0.1, 0.15) is 0 Å². The van der Waals surface area contributed by atoms with Crippen molar-refractivity contribution >= 4 is 0 Å². The van der Waals surface area contributed by atoms with E-state index in [0.29, 0.717) is 12.1 Å². The minimum atomic E-state index is 0.0548. The van der Waals surface area contributed by atoms with Gasteiger partial charge in [0, 0.05) is 19.2 Å². The van der Waals surface area contributed by atoms with Crippen LogP contribution in [0.5, 0.6) is 0 Å². The van der Waals surface area contributed by atoms with Gasteiger partial charge >= 0.3 is 0 Å². The molecule has 16 heavy (non-hydrogen) atoms. The van der Waals surface area contributed by atoms with Crippen LogP contribution >= 0.6 is 0 Å². The Kier molecular flexibility index (Phi) is 3.93. The summed E-state index contributed by atoms with van der Waals surface area (Å²) >= 11 is 0. The van der Waals surface area contributed by atoms with Crippen LogP contribution in [0.2, 0.25) is 0 Å². The van der Waals surface area contributed by atoms with E-state index in [4.69, 9.17) is 10.5 Å². The first kappa shape index (κ1) is 11.6. The number of ether oxygens (including phenoxy) is 1. The van der Waals surface area contributed by atoms with Gasteiger partial charge < -0.3 is 15.8 Å². The van der Waals surface area contributed by atoms with Crippen molar-refractivity contribution in [2.45, 2.75) is 31.0 Å². The van der Waals surface area contributed by atoms with E-state index in [0.717, 1.165) is 19.4 Å². The van der Waals surface area contributed by atoms with Gasteiger partial charge in [-0.25, -0.2) is 0 Å². The highest BCUT2D eigenvalue weighted by Crippen LogP contribution is 2.21. The zero-order chi connectivity index (χ0) is 11.4. The van der Waals surface area contributed by atoms with Crippen LogP contribution in [0.15, 0.2) is 30.3 Å². The molecule has 2 rings (SSSR count). The molecule has 0 saturated carbocycles. The van der Waals surface area contributed by atoms with Crippen molar-refractivity contribution in [3.8, 4) is 0 Å². The second-order valence-corrected chi connectivity index (χ2v) is 4.38. The summed E-state index contributed by atoms with van der Waals surface area (Å²) in [4.78, 5) is 0. The number of rotatable bonds is 3. The molecule has 88 valence electrons. The molecule has 3 atom stereocenters. The van der Waals surface area contributed by atoms with Crippen LogP contribution in [-0.4, -0.2) is 25.8 Å². The molecule has 0 radical (unpaired) electrons. The van der Waals surface area contributed by atoms with Crippen LogP contribution in [0.3, 0.4) is 0 Å². The van der Waals surface area contributed by atoms with E-state index in [1.165, 1.54) is 5.56 Å². The Hall–Kier alpha value is -0.900. The van der Waals surface area contributed by atoms with Crippen LogP contribution in [0, 0.1) is 0 Å². The van der Waals surface area contributed by atoms with Gasteiger partial charge in [-0.1, -0.05) is 30.3 Å². The zero-order valence-corrected chi connectivity index (χ0v) is 9.73. The number of hydrogen-bond donors (Lipinski definition) is 2. The third-order valence-electron chi connectivity index (χ3n) is 3.34. The van der Waals surface area contributed by atoms with Gasteiger partial charge in [-0.05, 0) is 24.9 Å². The van der Waals surface area contributed by atoms with Crippen molar-refractivity contribution in [3.05, 3.63) is 35.9 Å². The van der Waals surface area contributed by atoms with E-state index >= 15 is 0 Å². The first-order chi connectivity index (χ1) is 7.81. The lowest BCUT2D eigenvalue weighted by molar-refractivity contribution is 0.0579. The van der Waals surface area contributed by atoms with Crippen LogP contribution in [0.4, 0.5) is 0 Å². The molecule has 1 aliphatic rings. The maximum Gasteiger partial charge on any atom is 0.0599 e. The van der Waals surface area contributed by atoms with Gasteiger partial charge in [-0.2, -0.15) is 0 Å². The van der Waals surface area contributed by atoms with Crippen molar-refractivity contribution in [1.82, 2.24) is 5.32 Å². The fourth-order valence-electron chi connectivity index (χ4n) is 2.31. The average molecular weight is 220 g/mol. The highest BCUT2D eigenvalue weighted by atomic mass is 16.5. The van der Waals surface area contributed by atoms with Crippen molar-refractivity contribution in [2.75, 3.05) is 13.7 Å². The first-order valence-electron chi connectivity index (χ1n) is 5.88. The van der Waals surface area contributed by atoms with Gasteiger partial charge in [0.25, 0.3) is 0 Å². The molecule has 0 amide bonds. The smallest absolute Gasteiger partial charge is 0.0599 e. The van der Waals surface area contributed by atoms with Crippen molar-refractivity contribution in [2.24, 2.45) is 5.73 Å². The topological polar surface area (TPSA) is 47.3 Å². The van der Waals surface area contributed by atoms with E-state index in [1.807, 2.05) is 18.2 Å². The van der Waals surface area contributed by atoms with Gasteiger partial charge in [0.15, 0.2) is 0 Å². The molecule has 1 aromatic carbocycles. The molecule has 1 fully saturated rings. The summed E-state index contributed by atoms with van der Waals surface area (Å²) in [6.07, 6.45) is 2.42. The fourth-order valence-corrected chi connectivity index (χ4v) is 2.31. The van der Waals surface area contributed by atoms with Gasteiger partial charge in [-0.15, -0.1) is 0 Å². The summed E-state index contributed by atoms with van der Waals surface area (Å²) in [5.41, 5.74) is 7.46. The van der Waals surface area contributed by atoms with Crippen LogP contribution in [0.25, 0.3) is 0 Å². The molecular weight excluding hydrogens is 200 g/mol.